The Morgan fingerprint density at radius 1 is 0.440 bits per heavy atom. The monoisotopic (exact) mass is 639 g/mol. The number of nitrogens with zero attached hydrogens (tertiary/aromatic N) is 3. The minimum atomic E-state index is 0.699. The molecule has 3 heteroatoms. The van der Waals surface area contributed by atoms with Crippen molar-refractivity contribution in [3.05, 3.63) is 163 Å². The molecule has 0 saturated heterocycles. The smallest absolute Gasteiger partial charge is 0.164 e. The van der Waals surface area contributed by atoms with E-state index in [0.717, 1.165) is 53.6 Å². The molecule has 236 valence electrons. The van der Waals surface area contributed by atoms with Gasteiger partial charge in [0.1, 0.15) is 0 Å². The number of hydrogen-bond acceptors (Lipinski definition) is 3. The summed E-state index contributed by atoms with van der Waals surface area (Å²) >= 11 is 0. The van der Waals surface area contributed by atoms with E-state index in [0.29, 0.717) is 11.6 Å². The van der Waals surface area contributed by atoms with Crippen LogP contribution in [-0.4, -0.2) is 15.0 Å². The average molecular weight is 640 g/mol. The second-order valence-electron chi connectivity index (χ2n) is 13.3. The summed E-state index contributed by atoms with van der Waals surface area (Å²) in [5.74, 6) is 2.16. The summed E-state index contributed by atoms with van der Waals surface area (Å²) < 4.78 is 0. The van der Waals surface area contributed by atoms with Crippen LogP contribution >= 0.6 is 0 Å². The summed E-state index contributed by atoms with van der Waals surface area (Å²) in [5.41, 5.74) is 16.3. The first kappa shape index (κ1) is 28.8. The van der Waals surface area contributed by atoms with Gasteiger partial charge in [-0.1, -0.05) is 146 Å². The summed E-state index contributed by atoms with van der Waals surface area (Å²) in [6.07, 6.45) is 15.1. The Hall–Kier alpha value is -6.19. The van der Waals surface area contributed by atoms with Crippen LogP contribution in [0.1, 0.15) is 36.2 Å². The first-order valence-electron chi connectivity index (χ1n) is 17.6. The molecule has 6 aromatic carbocycles. The van der Waals surface area contributed by atoms with Gasteiger partial charge in [-0.05, 0) is 104 Å². The van der Waals surface area contributed by atoms with Crippen molar-refractivity contribution < 1.29 is 0 Å². The van der Waals surface area contributed by atoms with E-state index < -0.39 is 0 Å². The van der Waals surface area contributed by atoms with Crippen molar-refractivity contribution >= 4 is 22.4 Å². The predicted octanol–water partition coefficient (Wildman–Crippen LogP) is 12.0. The van der Waals surface area contributed by atoms with Gasteiger partial charge in [-0.2, -0.15) is 0 Å². The van der Waals surface area contributed by atoms with Gasteiger partial charge in [0.15, 0.2) is 17.5 Å². The Kier molecular flexibility index (Phi) is 6.76. The van der Waals surface area contributed by atoms with E-state index in [1.54, 1.807) is 0 Å². The first-order chi connectivity index (χ1) is 24.8. The molecule has 7 aromatic rings. The third-order valence-electron chi connectivity index (χ3n) is 10.4. The topological polar surface area (TPSA) is 38.7 Å². The molecule has 3 aliphatic rings. The van der Waals surface area contributed by atoms with Crippen LogP contribution in [-0.2, 0) is 6.42 Å². The molecule has 0 spiro atoms. The molecule has 10 rings (SSSR count). The van der Waals surface area contributed by atoms with E-state index in [2.05, 4.69) is 134 Å². The van der Waals surface area contributed by atoms with Gasteiger partial charge in [0.2, 0.25) is 0 Å². The van der Waals surface area contributed by atoms with Crippen LogP contribution in [0.25, 0.3) is 89.7 Å². The molecule has 0 radical (unpaired) electrons. The second-order valence-corrected chi connectivity index (χ2v) is 13.3. The highest BCUT2D eigenvalue weighted by atomic mass is 15.0. The Labute approximate surface area is 292 Å². The first-order valence-corrected chi connectivity index (χ1v) is 17.6. The van der Waals surface area contributed by atoms with Crippen LogP contribution in [0, 0.1) is 0 Å². The number of allylic oxidation sites excluding steroid dienone is 5. The molecule has 50 heavy (non-hydrogen) atoms. The average Bonchev–Trinajstić information content (AvgIpc) is 3.53. The molecule has 1 aromatic heterocycles. The van der Waals surface area contributed by atoms with Gasteiger partial charge in [-0.25, -0.2) is 15.0 Å². The van der Waals surface area contributed by atoms with E-state index in [1.165, 1.54) is 61.0 Å². The number of benzene rings is 6. The largest absolute Gasteiger partial charge is 0.209 e. The second kappa shape index (κ2) is 11.7. The van der Waals surface area contributed by atoms with Crippen molar-refractivity contribution in [3.8, 4) is 67.3 Å². The van der Waals surface area contributed by atoms with Crippen molar-refractivity contribution in [1.29, 1.82) is 0 Å². The number of rotatable bonds is 5. The molecule has 0 amide bonds. The molecule has 0 unspecified atom stereocenters. The van der Waals surface area contributed by atoms with Crippen molar-refractivity contribution in [2.45, 2.75) is 25.7 Å². The van der Waals surface area contributed by atoms with Crippen LogP contribution in [0.2, 0.25) is 0 Å². The third-order valence-corrected chi connectivity index (χ3v) is 10.4. The van der Waals surface area contributed by atoms with Gasteiger partial charge in [0.25, 0.3) is 0 Å². The molecule has 0 saturated carbocycles. The maximum atomic E-state index is 5.19. The Balaban J connectivity index is 1.28. The van der Waals surface area contributed by atoms with Crippen molar-refractivity contribution in [2.24, 2.45) is 0 Å². The van der Waals surface area contributed by atoms with E-state index in [1.807, 2.05) is 18.2 Å². The lowest BCUT2D eigenvalue weighted by Crippen LogP contribution is -2.04. The minimum absolute atomic E-state index is 0.699. The zero-order chi connectivity index (χ0) is 33.0. The minimum Gasteiger partial charge on any atom is -0.209 e. The quantitative estimate of drug-likeness (QED) is 0.188. The SMILES string of the molecule is C1=CCCC(c2nc(-c3ccccc3)nc(-c3ccc4c5c(cccc35)-c3c(-c5ccccc5)c5c(c(-c6ccccc6)c3-4)CCC=C5)n2)=C1. The van der Waals surface area contributed by atoms with E-state index >= 15 is 0 Å². The lowest BCUT2D eigenvalue weighted by atomic mass is 9.78. The number of aromatic nitrogens is 3. The Bertz CT molecular complexity index is 2560. The molecule has 0 fully saturated rings. The highest BCUT2D eigenvalue weighted by Gasteiger charge is 2.33. The fourth-order valence-corrected chi connectivity index (χ4v) is 8.22. The summed E-state index contributed by atoms with van der Waals surface area (Å²) in [7, 11) is 0. The van der Waals surface area contributed by atoms with Crippen LogP contribution in [0.3, 0.4) is 0 Å². The van der Waals surface area contributed by atoms with E-state index in [-0.39, 0.29) is 0 Å². The van der Waals surface area contributed by atoms with Crippen molar-refractivity contribution in [3.63, 3.8) is 0 Å². The Morgan fingerprint density at radius 3 is 1.80 bits per heavy atom. The number of hydrogen-bond donors (Lipinski definition) is 0. The lowest BCUT2D eigenvalue weighted by molar-refractivity contribution is 0.978. The van der Waals surface area contributed by atoms with Crippen LogP contribution < -0.4 is 0 Å². The summed E-state index contributed by atoms with van der Waals surface area (Å²) in [6, 6.07) is 43.6. The fraction of sp³-hybridized carbons (Fsp3) is 0.0851. The lowest BCUT2D eigenvalue weighted by Gasteiger charge is -2.25. The number of fused-ring (bicyclic) bond motifs is 4. The van der Waals surface area contributed by atoms with Crippen molar-refractivity contribution in [1.82, 2.24) is 15.0 Å². The molecule has 3 nitrogen and oxygen atoms in total. The van der Waals surface area contributed by atoms with E-state index in [4.69, 9.17) is 15.0 Å². The van der Waals surface area contributed by atoms with Gasteiger partial charge in [0.05, 0.1) is 0 Å². The maximum absolute atomic E-state index is 5.19. The van der Waals surface area contributed by atoms with Gasteiger partial charge in [0, 0.05) is 11.1 Å². The molecule has 0 N–H and O–H groups in total. The summed E-state index contributed by atoms with van der Waals surface area (Å²) in [4.78, 5) is 15.4. The zero-order valence-corrected chi connectivity index (χ0v) is 27.6. The highest BCUT2D eigenvalue weighted by molar-refractivity contribution is 6.24. The van der Waals surface area contributed by atoms with Gasteiger partial charge >= 0.3 is 0 Å². The van der Waals surface area contributed by atoms with Crippen molar-refractivity contribution in [2.75, 3.05) is 0 Å². The molecule has 0 aliphatic heterocycles. The van der Waals surface area contributed by atoms with Crippen LogP contribution in [0.4, 0.5) is 0 Å². The molecule has 0 atom stereocenters. The third kappa shape index (κ3) is 4.54. The van der Waals surface area contributed by atoms with Gasteiger partial charge in [-0.15, -0.1) is 0 Å². The Morgan fingerprint density at radius 2 is 1.06 bits per heavy atom. The van der Waals surface area contributed by atoms with E-state index in [9.17, 15) is 0 Å². The van der Waals surface area contributed by atoms with Crippen LogP contribution in [0.15, 0.2) is 146 Å². The normalized spacial score (nSPS) is 14.0. The predicted molar refractivity (Wildman–Crippen MR) is 207 cm³/mol. The van der Waals surface area contributed by atoms with Crippen LogP contribution in [0.5, 0.6) is 0 Å². The summed E-state index contributed by atoms with van der Waals surface area (Å²) in [6.45, 7) is 0. The molecule has 3 aliphatic carbocycles. The molecular weight excluding hydrogens is 607 g/mol. The van der Waals surface area contributed by atoms with Gasteiger partial charge < -0.3 is 0 Å². The summed E-state index contributed by atoms with van der Waals surface area (Å²) in [5, 5.41) is 2.43. The molecular formula is C47H33N3. The fourth-order valence-electron chi connectivity index (χ4n) is 8.22. The maximum Gasteiger partial charge on any atom is 0.164 e. The van der Waals surface area contributed by atoms with Gasteiger partial charge in [-0.3, -0.25) is 0 Å². The molecule has 0 bridgehead atoms. The standard InChI is InChI=1S/C47H33N3/c1-5-16-30(17-6-1)40-34-24-13-14-25-35(34)41(31-18-7-2-8-19-31)44-39-29-28-37(36-26-15-27-38(42(36)39)43(40)44)47-49-45(32-20-9-3-10-21-32)48-46(50-47)33-22-11-4-12-23-33/h1-11,13,15-22,24,26-29H,12,14,23,25H2. The highest BCUT2D eigenvalue weighted by Crippen LogP contribution is 2.58. The zero-order valence-electron chi connectivity index (χ0n) is 27.6. The molecule has 1 heterocycles.